The number of piperazine rings is 1. The topological polar surface area (TPSA) is 35.6 Å². The van der Waals surface area contributed by atoms with E-state index in [-0.39, 0.29) is 30.0 Å². The molecule has 2 fully saturated rings. The molecule has 1 aromatic rings. The average Bonchev–Trinajstić information content (AvgIpc) is 2.59. The van der Waals surface area contributed by atoms with Crippen LogP contribution in [0.15, 0.2) is 22.7 Å². The molecule has 0 aliphatic carbocycles. The fourth-order valence-corrected chi connectivity index (χ4v) is 3.92. The van der Waals surface area contributed by atoms with E-state index in [0.29, 0.717) is 12.1 Å². The Bertz CT molecular complexity index is 549. The van der Waals surface area contributed by atoms with Crippen LogP contribution < -0.4 is 5.32 Å². The molecule has 2 saturated heterocycles. The van der Waals surface area contributed by atoms with E-state index in [9.17, 15) is 9.18 Å². The van der Waals surface area contributed by atoms with Crippen LogP contribution in [0, 0.1) is 11.7 Å². The van der Waals surface area contributed by atoms with Crippen molar-refractivity contribution < 1.29 is 9.18 Å². The van der Waals surface area contributed by atoms with Crippen molar-refractivity contribution in [1.82, 2.24) is 15.1 Å². The number of hydrogen-bond acceptors (Lipinski definition) is 3. The van der Waals surface area contributed by atoms with E-state index in [0.717, 1.165) is 56.6 Å². The number of rotatable bonds is 3. The van der Waals surface area contributed by atoms with Crippen molar-refractivity contribution in [3.8, 4) is 0 Å². The van der Waals surface area contributed by atoms with E-state index in [4.69, 9.17) is 0 Å². The van der Waals surface area contributed by atoms with Gasteiger partial charge in [-0.2, -0.15) is 0 Å². The summed E-state index contributed by atoms with van der Waals surface area (Å²) < 4.78 is 14.8. The molecule has 0 radical (unpaired) electrons. The van der Waals surface area contributed by atoms with Crippen molar-refractivity contribution in [3.05, 3.63) is 34.1 Å². The van der Waals surface area contributed by atoms with Crippen LogP contribution in [0.4, 0.5) is 4.39 Å². The molecule has 0 saturated carbocycles. The zero-order chi connectivity index (χ0) is 16.2. The standard InChI is InChI=1S/C17H23BrFN3O.ClH/c18-15-4-1-5-16(19)14(15)12-21-8-2-3-13(11-21)17(23)22-9-6-20-7-10-22;/h1,4-5,13,20H,2-3,6-12H2;1H. The first-order valence-corrected chi connectivity index (χ1v) is 9.09. The van der Waals surface area contributed by atoms with E-state index in [2.05, 4.69) is 26.1 Å². The Morgan fingerprint density at radius 3 is 2.75 bits per heavy atom. The summed E-state index contributed by atoms with van der Waals surface area (Å²) in [6.07, 6.45) is 1.94. The third-order valence-corrected chi connectivity index (χ3v) is 5.47. The molecule has 3 rings (SSSR count). The summed E-state index contributed by atoms with van der Waals surface area (Å²) in [6, 6.07) is 5.06. The highest BCUT2D eigenvalue weighted by Gasteiger charge is 2.30. The molecule has 1 aromatic carbocycles. The van der Waals surface area contributed by atoms with Gasteiger partial charge in [-0.05, 0) is 31.5 Å². The molecule has 1 atom stereocenters. The second-order valence-electron chi connectivity index (χ2n) is 6.35. The summed E-state index contributed by atoms with van der Waals surface area (Å²) in [6.45, 7) is 5.56. The average molecular weight is 421 g/mol. The Kier molecular flexibility index (Phi) is 7.47. The van der Waals surface area contributed by atoms with Crippen LogP contribution in [-0.4, -0.2) is 55.0 Å². The van der Waals surface area contributed by atoms with E-state index < -0.39 is 0 Å². The highest BCUT2D eigenvalue weighted by molar-refractivity contribution is 9.10. The van der Waals surface area contributed by atoms with Crippen LogP contribution in [0.3, 0.4) is 0 Å². The lowest BCUT2D eigenvalue weighted by molar-refractivity contribution is -0.138. The number of carbonyl (C=O) groups excluding carboxylic acids is 1. The molecule has 2 aliphatic rings. The van der Waals surface area contributed by atoms with Crippen molar-refractivity contribution in [1.29, 1.82) is 0 Å². The van der Waals surface area contributed by atoms with Gasteiger partial charge in [-0.15, -0.1) is 12.4 Å². The summed E-state index contributed by atoms with van der Waals surface area (Å²) in [7, 11) is 0. The van der Waals surface area contributed by atoms with Gasteiger partial charge in [-0.25, -0.2) is 4.39 Å². The van der Waals surface area contributed by atoms with Crippen LogP contribution in [-0.2, 0) is 11.3 Å². The highest BCUT2D eigenvalue weighted by atomic mass is 79.9. The third kappa shape index (κ3) is 4.69. The number of nitrogens with one attached hydrogen (secondary N) is 1. The van der Waals surface area contributed by atoms with Gasteiger partial charge in [0.25, 0.3) is 0 Å². The molecule has 4 nitrogen and oxygen atoms in total. The maximum Gasteiger partial charge on any atom is 0.227 e. The molecule has 1 N–H and O–H groups in total. The first-order valence-electron chi connectivity index (χ1n) is 8.30. The molecular formula is C17H24BrClFN3O. The highest BCUT2D eigenvalue weighted by Crippen LogP contribution is 2.25. The molecule has 0 bridgehead atoms. The number of halogens is 3. The number of carbonyl (C=O) groups is 1. The van der Waals surface area contributed by atoms with Gasteiger partial charge >= 0.3 is 0 Å². The Morgan fingerprint density at radius 2 is 2.04 bits per heavy atom. The second-order valence-corrected chi connectivity index (χ2v) is 7.20. The van der Waals surface area contributed by atoms with Gasteiger partial charge in [0.2, 0.25) is 5.91 Å². The minimum atomic E-state index is -0.185. The lowest BCUT2D eigenvalue weighted by Gasteiger charge is -2.36. The number of nitrogens with zero attached hydrogens (tertiary/aromatic N) is 2. The van der Waals surface area contributed by atoms with E-state index in [1.54, 1.807) is 6.07 Å². The summed E-state index contributed by atoms with van der Waals surface area (Å²) in [5.41, 5.74) is 0.683. The van der Waals surface area contributed by atoms with Crippen LogP contribution in [0.5, 0.6) is 0 Å². The molecule has 24 heavy (non-hydrogen) atoms. The summed E-state index contributed by atoms with van der Waals surface area (Å²) in [5.74, 6) is 0.131. The predicted octanol–water partition coefficient (Wildman–Crippen LogP) is 2.65. The normalized spacial score (nSPS) is 22.1. The Balaban J connectivity index is 0.00000208. The van der Waals surface area contributed by atoms with Crippen LogP contribution in [0.1, 0.15) is 18.4 Å². The predicted molar refractivity (Wildman–Crippen MR) is 98.8 cm³/mol. The summed E-state index contributed by atoms with van der Waals surface area (Å²) in [4.78, 5) is 16.9. The maximum atomic E-state index is 14.0. The molecule has 0 aromatic heterocycles. The van der Waals surface area contributed by atoms with E-state index in [1.165, 1.54) is 6.07 Å². The van der Waals surface area contributed by atoms with Gasteiger partial charge in [-0.3, -0.25) is 9.69 Å². The molecule has 2 heterocycles. The molecule has 2 aliphatic heterocycles. The maximum absolute atomic E-state index is 14.0. The minimum Gasteiger partial charge on any atom is -0.340 e. The van der Waals surface area contributed by atoms with Gasteiger partial charge in [-0.1, -0.05) is 22.0 Å². The molecule has 0 spiro atoms. The van der Waals surface area contributed by atoms with Gasteiger partial charge in [0.05, 0.1) is 5.92 Å². The zero-order valence-electron chi connectivity index (χ0n) is 13.6. The first-order chi connectivity index (χ1) is 11.1. The first kappa shape index (κ1) is 19.6. The van der Waals surface area contributed by atoms with Gasteiger partial charge in [0.1, 0.15) is 5.82 Å². The summed E-state index contributed by atoms with van der Waals surface area (Å²) >= 11 is 3.43. The number of likely N-dealkylation sites (tertiary alicyclic amines) is 1. The zero-order valence-corrected chi connectivity index (χ0v) is 16.0. The monoisotopic (exact) mass is 419 g/mol. The number of benzene rings is 1. The van der Waals surface area contributed by atoms with Crippen LogP contribution in [0.2, 0.25) is 0 Å². The van der Waals surface area contributed by atoms with E-state index in [1.807, 2.05) is 11.0 Å². The Morgan fingerprint density at radius 1 is 1.29 bits per heavy atom. The SMILES string of the molecule is Cl.O=C(C1CCCN(Cc2c(F)cccc2Br)C1)N1CCNCC1. The van der Waals surface area contributed by atoms with Gasteiger partial charge < -0.3 is 10.2 Å². The van der Waals surface area contributed by atoms with Crippen molar-refractivity contribution in [2.24, 2.45) is 5.92 Å². The largest absolute Gasteiger partial charge is 0.340 e. The quantitative estimate of drug-likeness (QED) is 0.816. The fourth-order valence-electron chi connectivity index (χ4n) is 3.45. The number of piperidine rings is 1. The molecule has 134 valence electrons. The van der Waals surface area contributed by atoms with Crippen molar-refractivity contribution >= 4 is 34.2 Å². The molecule has 1 amide bonds. The lowest BCUT2D eigenvalue weighted by Crippen LogP contribution is -2.51. The molecular weight excluding hydrogens is 397 g/mol. The summed E-state index contributed by atoms with van der Waals surface area (Å²) in [5, 5.41) is 3.28. The smallest absolute Gasteiger partial charge is 0.227 e. The van der Waals surface area contributed by atoms with Crippen LogP contribution in [0.25, 0.3) is 0 Å². The number of hydrogen-bond donors (Lipinski definition) is 1. The van der Waals surface area contributed by atoms with E-state index >= 15 is 0 Å². The van der Waals surface area contributed by atoms with Crippen LogP contribution >= 0.6 is 28.3 Å². The molecule has 1 unspecified atom stereocenters. The Labute approximate surface area is 157 Å². The second kappa shape index (κ2) is 9.13. The number of amides is 1. The lowest BCUT2D eigenvalue weighted by atomic mass is 9.95. The third-order valence-electron chi connectivity index (χ3n) is 4.73. The van der Waals surface area contributed by atoms with Gasteiger partial charge in [0.15, 0.2) is 0 Å². The van der Waals surface area contributed by atoms with Crippen molar-refractivity contribution in [3.63, 3.8) is 0 Å². The van der Waals surface area contributed by atoms with Crippen molar-refractivity contribution in [2.45, 2.75) is 19.4 Å². The van der Waals surface area contributed by atoms with Gasteiger partial charge in [0, 0.05) is 49.3 Å². The molecule has 7 heteroatoms. The van der Waals surface area contributed by atoms with Crippen molar-refractivity contribution in [2.75, 3.05) is 39.3 Å². The minimum absolute atomic E-state index is 0. The fraction of sp³-hybridized carbons (Fsp3) is 0.588. The Hall–Kier alpha value is -0.690.